The van der Waals surface area contributed by atoms with Gasteiger partial charge in [0.25, 0.3) is 0 Å². The van der Waals surface area contributed by atoms with E-state index in [1.54, 1.807) is 0 Å². The molecule has 2 aliphatic heterocycles. The number of piperidine rings is 1. The molecule has 1 aromatic carbocycles. The molecule has 2 aliphatic rings. The van der Waals surface area contributed by atoms with Crippen molar-refractivity contribution in [1.82, 2.24) is 4.90 Å². The zero-order valence-electron chi connectivity index (χ0n) is 12.9. The number of hydrogen-bond donors (Lipinski definition) is 1. The van der Waals surface area contributed by atoms with Gasteiger partial charge in [-0.15, -0.1) is 0 Å². The maximum atomic E-state index is 11.9. The third kappa shape index (κ3) is 2.53. The fourth-order valence-electron chi connectivity index (χ4n) is 3.78. The second-order valence-corrected chi connectivity index (χ2v) is 6.06. The number of benzene rings is 1. The molecule has 0 atom stereocenters. The highest BCUT2D eigenvalue weighted by atomic mass is 16.6. The van der Waals surface area contributed by atoms with Gasteiger partial charge >= 0.3 is 6.09 Å². The summed E-state index contributed by atoms with van der Waals surface area (Å²) in [5.41, 5.74) is 1.61. The molecule has 114 valence electrons. The van der Waals surface area contributed by atoms with E-state index < -0.39 is 5.60 Å². The normalized spacial score (nSPS) is 21.0. The van der Waals surface area contributed by atoms with Gasteiger partial charge < -0.3 is 9.64 Å². The van der Waals surface area contributed by atoms with Gasteiger partial charge in [-0.1, -0.05) is 32.0 Å². The van der Waals surface area contributed by atoms with Crippen molar-refractivity contribution in [3.63, 3.8) is 0 Å². The Morgan fingerprint density at radius 2 is 1.90 bits per heavy atom. The predicted octanol–water partition coefficient (Wildman–Crippen LogP) is 3.73. The number of fused-ring (bicyclic) bond motifs is 2. The molecular formula is C17H24N2O2. The lowest BCUT2D eigenvalue weighted by Crippen LogP contribution is -2.50. The maximum absolute atomic E-state index is 11.9. The summed E-state index contributed by atoms with van der Waals surface area (Å²) in [5, 5.41) is 2.81. The molecule has 0 unspecified atom stereocenters. The Morgan fingerprint density at radius 3 is 2.57 bits per heavy atom. The molecule has 1 N–H and O–H groups in total. The Kier molecular flexibility index (Phi) is 3.89. The average Bonchev–Trinajstić information content (AvgIpc) is 2.50. The van der Waals surface area contributed by atoms with Crippen molar-refractivity contribution in [1.29, 1.82) is 0 Å². The van der Waals surface area contributed by atoms with Crippen LogP contribution in [0.2, 0.25) is 0 Å². The molecular weight excluding hydrogens is 264 g/mol. The van der Waals surface area contributed by atoms with Crippen LogP contribution >= 0.6 is 0 Å². The Morgan fingerprint density at radius 1 is 1.24 bits per heavy atom. The quantitative estimate of drug-likeness (QED) is 0.921. The molecule has 0 saturated carbocycles. The Hall–Kier alpha value is -1.55. The minimum Gasteiger partial charge on any atom is -0.438 e. The van der Waals surface area contributed by atoms with Crippen molar-refractivity contribution < 1.29 is 9.53 Å². The number of carbonyl (C=O) groups excluding carboxylic acids is 1. The number of hydrogen-bond acceptors (Lipinski definition) is 3. The summed E-state index contributed by atoms with van der Waals surface area (Å²) >= 11 is 0. The standard InChI is InChI=1S/C17H24N2O2/c1-3-13(4-2)19-11-9-17(10-12-19)14-7-5-6-8-15(14)18-16(20)21-17/h5-8,13H,3-4,9-12H2,1-2H3,(H,18,20). The van der Waals surface area contributed by atoms with Gasteiger partial charge in [-0.2, -0.15) is 0 Å². The number of rotatable bonds is 3. The molecule has 0 radical (unpaired) electrons. The average molecular weight is 288 g/mol. The first-order valence-electron chi connectivity index (χ1n) is 8.02. The van der Waals surface area contributed by atoms with Gasteiger partial charge in [0.2, 0.25) is 0 Å². The monoisotopic (exact) mass is 288 g/mol. The number of amides is 1. The fraction of sp³-hybridized carbons (Fsp3) is 0.588. The number of anilines is 1. The Balaban J connectivity index is 1.83. The van der Waals surface area contributed by atoms with Gasteiger partial charge in [0.15, 0.2) is 0 Å². The van der Waals surface area contributed by atoms with E-state index in [0.717, 1.165) is 37.2 Å². The molecule has 0 bridgehead atoms. The van der Waals surface area contributed by atoms with Crippen LogP contribution in [0.25, 0.3) is 0 Å². The molecule has 2 heterocycles. The highest BCUT2D eigenvalue weighted by Crippen LogP contribution is 2.43. The number of nitrogens with zero attached hydrogens (tertiary/aromatic N) is 1. The van der Waals surface area contributed by atoms with Gasteiger partial charge in [0.05, 0.1) is 5.69 Å². The van der Waals surface area contributed by atoms with E-state index in [-0.39, 0.29) is 6.09 Å². The molecule has 4 nitrogen and oxygen atoms in total. The maximum Gasteiger partial charge on any atom is 0.412 e. The number of para-hydroxylation sites is 1. The zero-order chi connectivity index (χ0) is 14.9. The van der Waals surface area contributed by atoms with E-state index in [9.17, 15) is 4.79 Å². The first-order chi connectivity index (χ1) is 10.2. The zero-order valence-corrected chi connectivity index (χ0v) is 12.9. The van der Waals surface area contributed by atoms with E-state index in [1.165, 1.54) is 12.8 Å². The van der Waals surface area contributed by atoms with Gasteiger partial charge in [-0.3, -0.25) is 5.32 Å². The van der Waals surface area contributed by atoms with E-state index in [1.807, 2.05) is 18.2 Å². The minimum atomic E-state index is -0.429. The third-order valence-corrected chi connectivity index (χ3v) is 5.01. The van der Waals surface area contributed by atoms with Crippen molar-refractivity contribution in [3.05, 3.63) is 29.8 Å². The SMILES string of the molecule is CCC(CC)N1CCC2(CC1)OC(=O)Nc1ccccc12. The third-order valence-electron chi connectivity index (χ3n) is 5.01. The molecule has 0 aliphatic carbocycles. The molecule has 4 heteroatoms. The highest BCUT2D eigenvalue weighted by molar-refractivity contribution is 5.88. The van der Waals surface area contributed by atoms with Crippen LogP contribution in [0.5, 0.6) is 0 Å². The topological polar surface area (TPSA) is 41.6 Å². The molecule has 1 fully saturated rings. The number of carbonyl (C=O) groups is 1. The molecule has 1 saturated heterocycles. The van der Waals surface area contributed by atoms with Crippen LogP contribution < -0.4 is 5.32 Å². The van der Waals surface area contributed by atoms with Crippen molar-refractivity contribution in [2.45, 2.75) is 51.2 Å². The molecule has 0 aromatic heterocycles. The van der Waals surface area contributed by atoms with Crippen LogP contribution in [-0.2, 0) is 10.3 Å². The first kappa shape index (κ1) is 14.4. The fourth-order valence-corrected chi connectivity index (χ4v) is 3.78. The number of nitrogens with one attached hydrogen (secondary N) is 1. The van der Waals surface area contributed by atoms with Crippen molar-refractivity contribution in [2.24, 2.45) is 0 Å². The van der Waals surface area contributed by atoms with Gasteiger partial charge in [-0.25, -0.2) is 4.79 Å². The summed E-state index contributed by atoms with van der Waals surface area (Å²) in [6.45, 7) is 6.48. The minimum absolute atomic E-state index is 0.315. The second-order valence-electron chi connectivity index (χ2n) is 6.06. The molecule has 1 spiro atoms. The van der Waals surface area contributed by atoms with Crippen LogP contribution in [0.3, 0.4) is 0 Å². The Labute approximate surface area is 126 Å². The van der Waals surface area contributed by atoms with Crippen LogP contribution in [0.4, 0.5) is 10.5 Å². The van der Waals surface area contributed by atoms with E-state index >= 15 is 0 Å². The molecule has 1 amide bonds. The second kappa shape index (κ2) is 5.68. The smallest absolute Gasteiger partial charge is 0.412 e. The van der Waals surface area contributed by atoms with E-state index in [2.05, 4.69) is 30.1 Å². The first-order valence-corrected chi connectivity index (χ1v) is 8.02. The lowest BCUT2D eigenvalue weighted by atomic mass is 9.81. The van der Waals surface area contributed by atoms with Crippen molar-refractivity contribution in [2.75, 3.05) is 18.4 Å². The number of likely N-dealkylation sites (tertiary alicyclic amines) is 1. The van der Waals surface area contributed by atoms with Gasteiger partial charge in [0, 0.05) is 37.5 Å². The number of ether oxygens (including phenoxy) is 1. The van der Waals surface area contributed by atoms with E-state index in [0.29, 0.717) is 6.04 Å². The van der Waals surface area contributed by atoms with Gasteiger partial charge in [0.1, 0.15) is 5.60 Å². The van der Waals surface area contributed by atoms with Crippen molar-refractivity contribution in [3.8, 4) is 0 Å². The largest absolute Gasteiger partial charge is 0.438 e. The Bertz CT molecular complexity index is 517. The lowest BCUT2D eigenvalue weighted by molar-refractivity contribution is -0.0463. The highest BCUT2D eigenvalue weighted by Gasteiger charge is 2.44. The van der Waals surface area contributed by atoms with Crippen LogP contribution in [0.1, 0.15) is 45.1 Å². The van der Waals surface area contributed by atoms with Gasteiger partial charge in [-0.05, 0) is 18.9 Å². The van der Waals surface area contributed by atoms with E-state index in [4.69, 9.17) is 4.74 Å². The summed E-state index contributed by atoms with van der Waals surface area (Å²) < 4.78 is 5.76. The predicted molar refractivity (Wildman–Crippen MR) is 83.4 cm³/mol. The molecule has 1 aromatic rings. The summed E-state index contributed by atoms with van der Waals surface area (Å²) in [7, 11) is 0. The van der Waals surface area contributed by atoms with Crippen LogP contribution in [0, 0.1) is 0 Å². The molecule has 3 rings (SSSR count). The van der Waals surface area contributed by atoms with Crippen LogP contribution in [0.15, 0.2) is 24.3 Å². The van der Waals surface area contributed by atoms with Crippen molar-refractivity contribution >= 4 is 11.8 Å². The lowest BCUT2D eigenvalue weighted by Gasteiger charge is -2.46. The van der Waals surface area contributed by atoms with Crippen LogP contribution in [-0.4, -0.2) is 30.1 Å². The summed E-state index contributed by atoms with van der Waals surface area (Å²) in [6, 6.07) is 8.67. The summed E-state index contributed by atoms with van der Waals surface area (Å²) in [4.78, 5) is 14.4. The summed E-state index contributed by atoms with van der Waals surface area (Å²) in [5.74, 6) is 0. The molecule has 21 heavy (non-hydrogen) atoms. The summed E-state index contributed by atoms with van der Waals surface area (Å²) in [6.07, 6.45) is 3.81.